The Bertz CT molecular complexity index is 511. The molecule has 5 nitrogen and oxygen atoms in total. The Morgan fingerprint density at radius 2 is 2.17 bits per heavy atom. The lowest BCUT2D eigenvalue weighted by molar-refractivity contribution is -0.138. The van der Waals surface area contributed by atoms with E-state index in [-0.39, 0.29) is 0 Å². The number of hydrogen-bond donors (Lipinski definition) is 2. The SMILES string of the molecule is COc1ccc(NC(C(=O)O)c2cncs2)cc1. The van der Waals surface area contributed by atoms with Crippen LogP contribution in [0.2, 0.25) is 0 Å². The van der Waals surface area contributed by atoms with Crippen LogP contribution in [0.3, 0.4) is 0 Å². The molecule has 94 valence electrons. The maximum Gasteiger partial charge on any atom is 0.331 e. The van der Waals surface area contributed by atoms with E-state index in [4.69, 9.17) is 4.74 Å². The van der Waals surface area contributed by atoms with E-state index in [1.807, 2.05) is 0 Å². The van der Waals surface area contributed by atoms with Crippen molar-refractivity contribution in [1.82, 2.24) is 4.98 Å². The zero-order valence-electron chi connectivity index (χ0n) is 9.66. The van der Waals surface area contributed by atoms with Crippen LogP contribution in [-0.4, -0.2) is 23.2 Å². The second-order valence-corrected chi connectivity index (χ2v) is 4.47. The number of nitrogens with one attached hydrogen (secondary N) is 1. The maximum absolute atomic E-state index is 11.2. The third-order valence-corrected chi connectivity index (χ3v) is 3.22. The van der Waals surface area contributed by atoms with Gasteiger partial charge in [0.2, 0.25) is 0 Å². The highest BCUT2D eigenvalue weighted by molar-refractivity contribution is 7.09. The Labute approximate surface area is 108 Å². The highest BCUT2D eigenvalue weighted by Crippen LogP contribution is 2.24. The first-order valence-corrected chi connectivity index (χ1v) is 6.10. The fourth-order valence-electron chi connectivity index (χ4n) is 1.48. The van der Waals surface area contributed by atoms with E-state index in [0.717, 1.165) is 11.4 Å². The first-order valence-electron chi connectivity index (χ1n) is 5.22. The van der Waals surface area contributed by atoms with Gasteiger partial charge in [-0.2, -0.15) is 0 Å². The predicted octanol–water partition coefficient (Wildman–Crippen LogP) is 2.39. The predicted molar refractivity (Wildman–Crippen MR) is 69.1 cm³/mol. The van der Waals surface area contributed by atoms with E-state index >= 15 is 0 Å². The van der Waals surface area contributed by atoms with Gasteiger partial charge in [-0.25, -0.2) is 4.79 Å². The van der Waals surface area contributed by atoms with E-state index in [1.165, 1.54) is 11.3 Å². The number of ether oxygens (including phenoxy) is 1. The monoisotopic (exact) mass is 264 g/mol. The van der Waals surface area contributed by atoms with E-state index in [0.29, 0.717) is 4.88 Å². The van der Waals surface area contributed by atoms with Crippen LogP contribution in [0.1, 0.15) is 10.9 Å². The van der Waals surface area contributed by atoms with E-state index in [2.05, 4.69) is 10.3 Å². The van der Waals surface area contributed by atoms with Crippen molar-refractivity contribution in [2.45, 2.75) is 6.04 Å². The van der Waals surface area contributed by atoms with Crippen LogP contribution in [0, 0.1) is 0 Å². The van der Waals surface area contributed by atoms with Gasteiger partial charge in [0.1, 0.15) is 5.75 Å². The van der Waals surface area contributed by atoms with Crippen LogP contribution in [0.4, 0.5) is 5.69 Å². The number of anilines is 1. The van der Waals surface area contributed by atoms with Crippen molar-refractivity contribution in [3.8, 4) is 5.75 Å². The number of nitrogens with zero attached hydrogens (tertiary/aromatic N) is 1. The van der Waals surface area contributed by atoms with Gasteiger partial charge >= 0.3 is 5.97 Å². The number of methoxy groups -OCH3 is 1. The number of carbonyl (C=O) groups is 1. The molecule has 0 spiro atoms. The zero-order valence-corrected chi connectivity index (χ0v) is 10.5. The highest BCUT2D eigenvalue weighted by atomic mass is 32.1. The van der Waals surface area contributed by atoms with Gasteiger partial charge in [-0.3, -0.25) is 4.98 Å². The molecular weight excluding hydrogens is 252 g/mol. The van der Waals surface area contributed by atoms with Crippen LogP contribution in [-0.2, 0) is 4.79 Å². The smallest absolute Gasteiger partial charge is 0.331 e. The minimum Gasteiger partial charge on any atom is -0.497 e. The fourth-order valence-corrected chi connectivity index (χ4v) is 2.14. The number of rotatable bonds is 5. The summed E-state index contributed by atoms with van der Waals surface area (Å²) in [6.07, 6.45) is 1.56. The standard InChI is InChI=1S/C12H12N2O3S/c1-17-9-4-2-8(3-5-9)14-11(12(15)16)10-6-13-7-18-10/h2-7,11,14H,1H3,(H,15,16). The Kier molecular flexibility index (Phi) is 3.78. The quantitative estimate of drug-likeness (QED) is 0.867. The third-order valence-electron chi connectivity index (χ3n) is 2.38. The van der Waals surface area contributed by atoms with Crippen molar-refractivity contribution in [2.75, 3.05) is 12.4 Å². The Hall–Kier alpha value is -2.08. The normalized spacial score (nSPS) is 11.8. The lowest BCUT2D eigenvalue weighted by Crippen LogP contribution is -2.19. The highest BCUT2D eigenvalue weighted by Gasteiger charge is 2.20. The molecule has 1 atom stereocenters. The van der Waals surface area contributed by atoms with Gasteiger partial charge in [0.25, 0.3) is 0 Å². The van der Waals surface area contributed by atoms with Crippen LogP contribution in [0.5, 0.6) is 5.75 Å². The molecule has 0 saturated carbocycles. The molecule has 2 rings (SSSR count). The Balaban J connectivity index is 2.16. The van der Waals surface area contributed by atoms with Crippen molar-refractivity contribution in [1.29, 1.82) is 0 Å². The number of carboxylic acids is 1. The van der Waals surface area contributed by atoms with E-state index in [9.17, 15) is 9.90 Å². The lowest BCUT2D eigenvalue weighted by Gasteiger charge is -2.14. The molecule has 0 aliphatic rings. The lowest BCUT2D eigenvalue weighted by atomic mass is 10.2. The van der Waals surface area contributed by atoms with Gasteiger partial charge in [0.15, 0.2) is 6.04 Å². The zero-order chi connectivity index (χ0) is 13.0. The summed E-state index contributed by atoms with van der Waals surface area (Å²) in [4.78, 5) is 15.8. The summed E-state index contributed by atoms with van der Waals surface area (Å²) in [5.74, 6) is -0.208. The minimum absolute atomic E-state index is 0.665. The largest absolute Gasteiger partial charge is 0.497 e. The first kappa shape index (κ1) is 12.4. The van der Waals surface area contributed by atoms with Gasteiger partial charge in [-0.05, 0) is 24.3 Å². The van der Waals surface area contributed by atoms with Gasteiger partial charge < -0.3 is 15.2 Å². The number of carboxylic acid groups (broad SMARTS) is 1. The molecule has 2 N–H and O–H groups in total. The van der Waals surface area contributed by atoms with E-state index < -0.39 is 12.0 Å². The molecule has 0 bridgehead atoms. The molecular formula is C12H12N2O3S. The molecule has 0 amide bonds. The molecule has 1 unspecified atom stereocenters. The summed E-state index contributed by atoms with van der Waals surface area (Å²) in [5, 5.41) is 12.1. The molecule has 0 radical (unpaired) electrons. The molecule has 1 heterocycles. The van der Waals surface area contributed by atoms with Crippen molar-refractivity contribution in [3.05, 3.63) is 40.8 Å². The van der Waals surface area contributed by atoms with Gasteiger partial charge in [0, 0.05) is 11.9 Å². The molecule has 6 heteroatoms. The molecule has 0 saturated heterocycles. The molecule has 1 aromatic carbocycles. The van der Waals surface area contributed by atoms with Crippen LogP contribution >= 0.6 is 11.3 Å². The van der Waals surface area contributed by atoms with Gasteiger partial charge in [0.05, 0.1) is 17.5 Å². The summed E-state index contributed by atoms with van der Waals surface area (Å²) in [5.41, 5.74) is 2.33. The summed E-state index contributed by atoms with van der Waals surface area (Å²) in [6, 6.07) is 6.30. The summed E-state index contributed by atoms with van der Waals surface area (Å²) >= 11 is 1.31. The number of benzene rings is 1. The Morgan fingerprint density at radius 1 is 1.44 bits per heavy atom. The summed E-state index contributed by atoms with van der Waals surface area (Å²) in [6.45, 7) is 0. The first-order chi connectivity index (χ1) is 8.70. The molecule has 2 aromatic rings. The number of aromatic nitrogens is 1. The Morgan fingerprint density at radius 3 is 2.67 bits per heavy atom. The minimum atomic E-state index is -0.935. The topological polar surface area (TPSA) is 71.5 Å². The number of aliphatic carboxylic acids is 1. The molecule has 0 fully saturated rings. The maximum atomic E-state index is 11.2. The van der Waals surface area contributed by atoms with Crippen molar-refractivity contribution < 1.29 is 14.6 Å². The average molecular weight is 264 g/mol. The second kappa shape index (κ2) is 5.50. The van der Waals surface area contributed by atoms with Crippen molar-refractivity contribution in [3.63, 3.8) is 0 Å². The van der Waals surface area contributed by atoms with Crippen LogP contribution in [0.25, 0.3) is 0 Å². The molecule has 1 aromatic heterocycles. The average Bonchev–Trinajstić information content (AvgIpc) is 2.90. The van der Waals surface area contributed by atoms with Gasteiger partial charge in [-0.15, -0.1) is 11.3 Å². The molecule has 0 aliphatic heterocycles. The fraction of sp³-hybridized carbons (Fsp3) is 0.167. The van der Waals surface area contributed by atoms with Gasteiger partial charge in [-0.1, -0.05) is 0 Å². The summed E-state index contributed by atoms with van der Waals surface area (Å²) < 4.78 is 5.04. The van der Waals surface area contributed by atoms with Crippen LogP contribution < -0.4 is 10.1 Å². The molecule has 18 heavy (non-hydrogen) atoms. The number of hydrogen-bond acceptors (Lipinski definition) is 5. The van der Waals surface area contributed by atoms with E-state index in [1.54, 1.807) is 43.1 Å². The number of thiazole rings is 1. The summed E-state index contributed by atoms with van der Waals surface area (Å²) in [7, 11) is 1.58. The second-order valence-electron chi connectivity index (χ2n) is 3.55. The molecule has 0 aliphatic carbocycles. The third kappa shape index (κ3) is 2.78. The van der Waals surface area contributed by atoms with Crippen LogP contribution in [0.15, 0.2) is 36.0 Å². The van der Waals surface area contributed by atoms with Crippen molar-refractivity contribution >= 4 is 23.0 Å². The van der Waals surface area contributed by atoms with Crippen molar-refractivity contribution in [2.24, 2.45) is 0 Å².